The van der Waals surface area contributed by atoms with Crippen molar-refractivity contribution in [3.8, 4) is 0 Å². The van der Waals surface area contributed by atoms with Gasteiger partial charge in [-0.3, -0.25) is 0 Å². The van der Waals surface area contributed by atoms with E-state index in [9.17, 15) is 20.2 Å². The molecule has 2 fully saturated rings. The van der Waals surface area contributed by atoms with Crippen LogP contribution in [0.5, 0.6) is 0 Å². The second kappa shape index (κ2) is 4.06. The Morgan fingerprint density at radius 1 is 0.938 bits per heavy atom. The summed E-state index contributed by atoms with van der Waals surface area (Å²) in [4.78, 5) is 28.9. The second-order valence-corrected chi connectivity index (χ2v) is 3.33. The van der Waals surface area contributed by atoms with Crippen LogP contribution in [0, 0.1) is 20.2 Å². The molecule has 0 unspecified atom stereocenters. The molecule has 0 aromatic heterocycles. The fourth-order valence-electron chi connectivity index (χ4n) is 1.83. The lowest BCUT2D eigenvalue weighted by atomic mass is 10.1. The summed E-state index contributed by atoms with van der Waals surface area (Å²) in [5, 5.41) is 18.4. The molecule has 0 aromatic rings. The van der Waals surface area contributed by atoms with Gasteiger partial charge >= 0.3 is 0 Å². The summed E-state index contributed by atoms with van der Waals surface area (Å²) >= 11 is 0. The van der Waals surface area contributed by atoms with E-state index in [1.807, 2.05) is 0 Å². The normalized spacial score (nSPS) is 36.8. The Labute approximate surface area is 88.2 Å². The van der Waals surface area contributed by atoms with Gasteiger partial charge in [0.15, 0.2) is 12.2 Å². The van der Waals surface area contributed by atoms with E-state index in [1.54, 1.807) is 0 Å². The van der Waals surface area contributed by atoms with Crippen LogP contribution < -0.4 is 0 Å². The summed E-state index contributed by atoms with van der Waals surface area (Å²) in [7, 11) is 0. The monoisotopic (exact) mass is 236 g/mol. The van der Waals surface area contributed by atoms with Gasteiger partial charge < -0.3 is 19.1 Å². The van der Waals surface area contributed by atoms with Crippen LogP contribution in [0.2, 0.25) is 0 Å². The zero-order valence-corrected chi connectivity index (χ0v) is 7.88. The zero-order valence-electron chi connectivity index (χ0n) is 7.88. The van der Waals surface area contributed by atoms with Crippen LogP contribution in [0.3, 0.4) is 0 Å². The van der Waals surface area contributed by atoms with E-state index in [4.69, 9.17) is 9.47 Å². The van der Waals surface area contributed by atoms with Crippen molar-refractivity contribution in [3.05, 3.63) is 20.2 Å². The summed E-state index contributed by atoms with van der Waals surface area (Å²) < 4.78 is 10.2. The van der Waals surface area contributed by atoms with Crippen LogP contribution in [0.4, 0.5) is 0 Å². The van der Waals surface area contributed by atoms with Crippen molar-refractivity contribution in [3.63, 3.8) is 0 Å². The van der Waals surface area contributed by atoms with Gasteiger partial charge in [-0.2, -0.15) is 0 Å². The Bertz CT molecular complexity index is 279. The highest BCUT2D eigenvalue weighted by Crippen LogP contribution is 2.30. The maximum absolute atomic E-state index is 10.1. The topological polar surface area (TPSA) is 123 Å². The maximum atomic E-state index is 10.1. The Hall–Kier alpha value is -1.68. The Balaban J connectivity index is 1.95. The van der Waals surface area contributed by atoms with Gasteiger partial charge in [-0.05, 0) is 0 Å². The molecule has 0 amide bonds. The van der Waals surface area contributed by atoms with E-state index < -0.39 is 34.6 Å². The average Bonchev–Trinajstić information content (AvgIpc) is 2.70. The Morgan fingerprint density at radius 3 is 1.62 bits per heavy atom. The standard InChI is InChI=1S/C6H8N2O8/c9-7(10)15-3-1-13-6-4(16-8(11)12)2-14-5(3)6/h3-6H,1-2H2/t3-,4-,5-,6-/m1/s1. The molecule has 16 heavy (non-hydrogen) atoms. The smallest absolute Gasteiger partial charge is 0.294 e. The summed E-state index contributed by atoms with van der Waals surface area (Å²) in [5.41, 5.74) is 0. The molecule has 90 valence electrons. The summed E-state index contributed by atoms with van der Waals surface area (Å²) in [5.74, 6) is 0. The van der Waals surface area contributed by atoms with Gasteiger partial charge in [-0.15, -0.1) is 20.2 Å². The molecule has 0 aliphatic carbocycles. The van der Waals surface area contributed by atoms with E-state index in [0.29, 0.717) is 0 Å². The van der Waals surface area contributed by atoms with Gasteiger partial charge in [0.1, 0.15) is 12.2 Å². The number of hydrogen-bond donors (Lipinski definition) is 0. The van der Waals surface area contributed by atoms with Crippen molar-refractivity contribution in [2.75, 3.05) is 13.2 Å². The molecule has 2 aliphatic rings. The van der Waals surface area contributed by atoms with Gasteiger partial charge in [0.05, 0.1) is 13.2 Å². The first kappa shape index (κ1) is 10.8. The molecule has 0 aromatic carbocycles. The third kappa shape index (κ3) is 1.97. The minimum Gasteiger partial charge on any atom is -0.371 e. The molecule has 0 saturated carbocycles. The summed E-state index contributed by atoms with van der Waals surface area (Å²) in [6.07, 6.45) is -3.12. The zero-order chi connectivity index (χ0) is 11.7. The molecule has 2 rings (SSSR count). The van der Waals surface area contributed by atoms with Gasteiger partial charge in [-0.25, -0.2) is 0 Å². The minimum atomic E-state index is -0.943. The molecule has 0 N–H and O–H groups in total. The average molecular weight is 236 g/mol. The van der Waals surface area contributed by atoms with Crippen LogP contribution in [-0.4, -0.2) is 47.8 Å². The number of nitrogens with zero attached hydrogens (tertiary/aromatic N) is 2. The number of ether oxygens (including phenoxy) is 2. The van der Waals surface area contributed by atoms with Crippen LogP contribution in [-0.2, 0) is 19.1 Å². The molecule has 2 heterocycles. The van der Waals surface area contributed by atoms with Gasteiger partial charge in [0.2, 0.25) is 0 Å². The van der Waals surface area contributed by atoms with Crippen LogP contribution in [0.15, 0.2) is 0 Å². The Kier molecular flexibility index (Phi) is 2.75. The van der Waals surface area contributed by atoms with Crippen LogP contribution in [0.1, 0.15) is 0 Å². The first-order valence-electron chi connectivity index (χ1n) is 4.43. The highest BCUT2D eigenvalue weighted by atomic mass is 17.0. The van der Waals surface area contributed by atoms with Crippen LogP contribution >= 0.6 is 0 Å². The third-order valence-electron chi connectivity index (χ3n) is 2.41. The highest BCUT2D eigenvalue weighted by Gasteiger charge is 2.51. The number of hydrogen-bond acceptors (Lipinski definition) is 8. The van der Waals surface area contributed by atoms with E-state index in [1.165, 1.54) is 0 Å². The molecule has 2 aliphatic heterocycles. The largest absolute Gasteiger partial charge is 0.371 e. The Morgan fingerprint density at radius 2 is 1.31 bits per heavy atom. The molecule has 0 bridgehead atoms. The van der Waals surface area contributed by atoms with Gasteiger partial charge in [-0.1, -0.05) is 0 Å². The molecular formula is C6H8N2O8. The fourth-order valence-corrected chi connectivity index (χ4v) is 1.83. The predicted octanol–water partition coefficient (Wildman–Crippen LogP) is -1.06. The number of fused-ring (bicyclic) bond motifs is 1. The SMILES string of the molecule is O=[N+]([O-])O[C@@H]1CO[C@H]2[C@@H]1OC[C@H]2O[N+](=O)[O-]. The van der Waals surface area contributed by atoms with Crippen molar-refractivity contribution in [2.24, 2.45) is 0 Å². The lowest BCUT2D eigenvalue weighted by Gasteiger charge is -2.13. The van der Waals surface area contributed by atoms with E-state index >= 15 is 0 Å². The third-order valence-corrected chi connectivity index (χ3v) is 2.41. The van der Waals surface area contributed by atoms with E-state index in [2.05, 4.69) is 9.68 Å². The highest BCUT2D eigenvalue weighted by molar-refractivity contribution is 4.94. The maximum Gasteiger partial charge on any atom is 0.294 e. The fraction of sp³-hybridized carbons (Fsp3) is 1.00. The van der Waals surface area contributed by atoms with E-state index in [0.717, 1.165) is 0 Å². The molecule has 0 spiro atoms. The molecule has 2 saturated heterocycles. The lowest BCUT2D eigenvalue weighted by molar-refractivity contribution is -0.769. The van der Waals surface area contributed by atoms with Gasteiger partial charge in [0.25, 0.3) is 10.2 Å². The molecule has 10 nitrogen and oxygen atoms in total. The number of rotatable bonds is 4. The molecule has 10 heteroatoms. The van der Waals surface area contributed by atoms with Crippen LogP contribution in [0.25, 0.3) is 0 Å². The second-order valence-electron chi connectivity index (χ2n) is 3.33. The first-order chi connectivity index (χ1) is 7.58. The minimum absolute atomic E-state index is 0.0477. The molecular weight excluding hydrogens is 228 g/mol. The van der Waals surface area contributed by atoms with Crippen molar-refractivity contribution in [2.45, 2.75) is 24.4 Å². The van der Waals surface area contributed by atoms with Crippen molar-refractivity contribution < 1.29 is 29.3 Å². The summed E-state index contributed by atoms with van der Waals surface area (Å²) in [6, 6.07) is 0. The molecule has 4 atom stereocenters. The predicted molar refractivity (Wildman–Crippen MR) is 43.2 cm³/mol. The van der Waals surface area contributed by atoms with E-state index in [-0.39, 0.29) is 13.2 Å². The van der Waals surface area contributed by atoms with Crippen molar-refractivity contribution in [1.82, 2.24) is 0 Å². The molecule has 0 radical (unpaired) electrons. The van der Waals surface area contributed by atoms with Crippen molar-refractivity contribution >= 4 is 0 Å². The first-order valence-corrected chi connectivity index (χ1v) is 4.43. The van der Waals surface area contributed by atoms with Crippen molar-refractivity contribution in [1.29, 1.82) is 0 Å². The summed E-state index contributed by atoms with van der Waals surface area (Å²) in [6.45, 7) is -0.0955. The van der Waals surface area contributed by atoms with Gasteiger partial charge in [0, 0.05) is 0 Å². The lowest BCUT2D eigenvalue weighted by Crippen LogP contribution is -2.35. The quantitative estimate of drug-likeness (QED) is 0.446.